The van der Waals surface area contributed by atoms with Crippen LogP contribution in [0.4, 0.5) is 4.79 Å². The second-order valence-electron chi connectivity index (χ2n) is 4.43. The van der Waals surface area contributed by atoms with E-state index in [0.717, 1.165) is 37.2 Å². The van der Waals surface area contributed by atoms with Crippen molar-refractivity contribution in [3.05, 3.63) is 17.5 Å². The molecule has 1 aromatic heterocycles. The zero-order valence-electron chi connectivity index (χ0n) is 9.79. The maximum atomic E-state index is 11.7. The number of nitrogens with one attached hydrogen (secondary N) is 2. The number of rotatable bonds is 1. The molecule has 1 amide bonds. The number of amides is 1. The number of carbonyl (C=O) groups excluding carboxylic acids is 1. The Morgan fingerprint density at radius 3 is 3.19 bits per heavy atom. The van der Waals surface area contributed by atoms with Crippen LogP contribution in [0.25, 0.3) is 0 Å². The van der Waals surface area contributed by atoms with Crippen molar-refractivity contribution < 1.29 is 4.79 Å². The molecular weight excluding hydrogens is 204 g/mol. The highest BCUT2D eigenvalue weighted by atomic mass is 16.2. The lowest BCUT2D eigenvalue weighted by Gasteiger charge is -2.07. The van der Waals surface area contributed by atoms with E-state index in [1.807, 2.05) is 20.0 Å². The standard InChI is InChI=1S/C11H18N4O/c1-8(2)13-11(16)15-7-9-6-12-5-3-4-10(9)14-15/h7-8,12H,3-6H2,1-2H3,(H,13,16). The molecule has 2 rings (SSSR count). The molecule has 1 aliphatic rings. The Morgan fingerprint density at radius 2 is 2.44 bits per heavy atom. The lowest BCUT2D eigenvalue weighted by molar-refractivity contribution is 0.237. The molecule has 0 aliphatic carbocycles. The van der Waals surface area contributed by atoms with E-state index in [2.05, 4.69) is 15.7 Å². The highest BCUT2D eigenvalue weighted by Gasteiger charge is 2.15. The predicted octanol–water partition coefficient (Wildman–Crippen LogP) is 0.885. The topological polar surface area (TPSA) is 59.0 Å². The van der Waals surface area contributed by atoms with Crippen molar-refractivity contribution in [2.24, 2.45) is 0 Å². The van der Waals surface area contributed by atoms with Crippen LogP contribution in [0, 0.1) is 0 Å². The Balaban J connectivity index is 2.14. The zero-order valence-corrected chi connectivity index (χ0v) is 9.79. The minimum Gasteiger partial charge on any atom is -0.334 e. The summed E-state index contributed by atoms with van der Waals surface area (Å²) in [6.45, 7) is 5.71. The Morgan fingerprint density at radius 1 is 1.62 bits per heavy atom. The number of nitrogens with zero attached hydrogens (tertiary/aromatic N) is 2. The van der Waals surface area contributed by atoms with Gasteiger partial charge >= 0.3 is 6.03 Å². The zero-order chi connectivity index (χ0) is 11.5. The molecule has 16 heavy (non-hydrogen) atoms. The van der Waals surface area contributed by atoms with Crippen LogP contribution in [-0.2, 0) is 13.0 Å². The molecule has 5 heteroatoms. The molecule has 0 spiro atoms. The van der Waals surface area contributed by atoms with Crippen LogP contribution in [0.2, 0.25) is 0 Å². The first-order valence-corrected chi connectivity index (χ1v) is 5.76. The van der Waals surface area contributed by atoms with E-state index in [0.29, 0.717) is 0 Å². The molecule has 0 fully saturated rings. The molecular formula is C11H18N4O. The lowest BCUT2D eigenvalue weighted by atomic mass is 10.2. The van der Waals surface area contributed by atoms with Crippen molar-refractivity contribution in [2.45, 2.75) is 39.3 Å². The van der Waals surface area contributed by atoms with Gasteiger partial charge in [-0.25, -0.2) is 4.79 Å². The third kappa shape index (κ3) is 2.41. The first-order chi connectivity index (χ1) is 7.66. The fourth-order valence-corrected chi connectivity index (χ4v) is 1.82. The average Bonchev–Trinajstić information content (AvgIpc) is 2.49. The quantitative estimate of drug-likeness (QED) is 0.741. The molecule has 0 saturated heterocycles. The minimum atomic E-state index is -0.150. The second-order valence-corrected chi connectivity index (χ2v) is 4.43. The molecule has 1 aromatic rings. The fourth-order valence-electron chi connectivity index (χ4n) is 1.82. The van der Waals surface area contributed by atoms with Crippen molar-refractivity contribution in [1.82, 2.24) is 20.4 Å². The molecule has 0 radical (unpaired) electrons. The molecule has 0 unspecified atom stereocenters. The molecule has 0 aromatic carbocycles. The van der Waals surface area contributed by atoms with Gasteiger partial charge in [-0.1, -0.05) is 0 Å². The van der Waals surface area contributed by atoms with Gasteiger partial charge in [-0.2, -0.15) is 9.78 Å². The largest absolute Gasteiger partial charge is 0.342 e. The number of aromatic nitrogens is 2. The van der Waals surface area contributed by atoms with Gasteiger partial charge in [-0.15, -0.1) is 0 Å². The van der Waals surface area contributed by atoms with Crippen LogP contribution in [0.5, 0.6) is 0 Å². The van der Waals surface area contributed by atoms with Crippen molar-refractivity contribution in [3.8, 4) is 0 Å². The summed E-state index contributed by atoms with van der Waals surface area (Å²) in [7, 11) is 0. The molecule has 2 N–H and O–H groups in total. The summed E-state index contributed by atoms with van der Waals surface area (Å²) >= 11 is 0. The van der Waals surface area contributed by atoms with E-state index in [1.165, 1.54) is 4.68 Å². The van der Waals surface area contributed by atoms with Gasteiger partial charge in [0.05, 0.1) is 5.69 Å². The molecule has 88 valence electrons. The fraction of sp³-hybridized carbons (Fsp3) is 0.636. The minimum absolute atomic E-state index is 0.134. The Bertz CT molecular complexity index is 360. The lowest BCUT2D eigenvalue weighted by Crippen LogP contribution is -2.34. The van der Waals surface area contributed by atoms with Gasteiger partial charge in [0.15, 0.2) is 0 Å². The molecule has 0 bridgehead atoms. The molecule has 2 heterocycles. The van der Waals surface area contributed by atoms with E-state index in [9.17, 15) is 4.79 Å². The third-order valence-electron chi connectivity index (χ3n) is 2.58. The number of hydrogen-bond donors (Lipinski definition) is 2. The summed E-state index contributed by atoms with van der Waals surface area (Å²) < 4.78 is 1.41. The molecule has 0 atom stereocenters. The van der Waals surface area contributed by atoms with Gasteiger partial charge in [0.1, 0.15) is 0 Å². The maximum Gasteiger partial charge on any atom is 0.342 e. The van der Waals surface area contributed by atoms with Gasteiger partial charge in [0.2, 0.25) is 0 Å². The summed E-state index contributed by atoms with van der Waals surface area (Å²) in [6.07, 6.45) is 3.85. The van der Waals surface area contributed by atoms with Gasteiger partial charge in [0, 0.05) is 24.3 Å². The van der Waals surface area contributed by atoms with Crippen molar-refractivity contribution in [2.75, 3.05) is 6.54 Å². The second kappa shape index (κ2) is 4.65. The van der Waals surface area contributed by atoms with Gasteiger partial charge in [-0.05, 0) is 33.2 Å². The molecule has 0 saturated carbocycles. The number of aryl methyl sites for hydroxylation is 1. The summed E-state index contributed by atoms with van der Waals surface area (Å²) in [5.74, 6) is 0. The first-order valence-electron chi connectivity index (χ1n) is 5.76. The van der Waals surface area contributed by atoms with Crippen LogP contribution in [0.3, 0.4) is 0 Å². The van der Waals surface area contributed by atoms with E-state index in [-0.39, 0.29) is 12.1 Å². The Labute approximate surface area is 95.2 Å². The first kappa shape index (κ1) is 11.1. The highest BCUT2D eigenvalue weighted by molar-refractivity contribution is 5.76. The van der Waals surface area contributed by atoms with Crippen molar-refractivity contribution in [3.63, 3.8) is 0 Å². The van der Waals surface area contributed by atoms with E-state index in [4.69, 9.17) is 0 Å². The Kier molecular flexibility index (Phi) is 3.24. The number of hydrogen-bond acceptors (Lipinski definition) is 3. The predicted molar refractivity (Wildman–Crippen MR) is 61.3 cm³/mol. The third-order valence-corrected chi connectivity index (χ3v) is 2.58. The molecule has 5 nitrogen and oxygen atoms in total. The van der Waals surface area contributed by atoms with Gasteiger partial charge in [0.25, 0.3) is 0 Å². The van der Waals surface area contributed by atoms with E-state index >= 15 is 0 Å². The van der Waals surface area contributed by atoms with Crippen LogP contribution < -0.4 is 10.6 Å². The van der Waals surface area contributed by atoms with Gasteiger partial charge in [-0.3, -0.25) is 0 Å². The summed E-state index contributed by atoms with van der Waals surface area (Å²) in [4.78, 5) is 11.7. The van der Waals surface area contributed by atoms with Crippen LogP contribution in [0.1, 0.15) is 31.5 Å². The number of fused-ring (bicyclic) bond motifs is 1. The SMILES string of the molecule is CC(C)NC(=O)n1cc2c(n1)CCCNC2. The van der Waals surface area contributed by atoms with E-state index < -0.39 is 0 Å². The van der Waals surface area contributed by atoms with Gasteiger partial charge < -0.3 is 10.6 Å². The normalized spacial score (nSPS) is 15.7. The maximum absolute atomic E-state index is 11.7. The Hall–Kier alpha value is -1.36. The smallest absolute Gasteiger partial charge is 0.334 e. The van der Waals surface area contributed by atoms with Crippen LogP contribution >= 0.6 is 0 Å². The average molecular weight is 222 g/mol. The van der Waals surface area contributed by atoms with Crippen molar-refractivity contribution >= 4 is 6.03 Å². The monoisotopic (exact) mass is 222 g/mol. The van der Waals surface area contributed by atoms with Crippen LogP contribution in [-0.4, -0.2) is 28.4 Å². The molecule has 1 aliphatic heterocycles. The summed E-state index contributed by atoms with van der Waals surface area (Å²) in [5.41, 5.74) is 2.18. The highest BCUT2D eigenvalue weighted by Crippen LogP contribution is 2.11. The summed E-state index contributed by atoms with van der Waals surface area (Å²) in [5, 5.41) is 10.5. The summed E-state index contributed by atoms with van der Waals surface area (Å²) in [6, 6.07) is -0.0160. The number of carbonyl (C=O) groups is 1. The van der Waals surface area contributed by atoms with Crippen LogP contribution in [0.15, 0.2) is 6.20 Å². The van der Waals surface area contributed by atoms with Crippen molar-refractivity contribution in [1.29, 1.82) is 0 Å². The van der Waals surface area contributed by atoms with E-state index in [1.54, 1.807) is 0 Å².